The molecule has 1 amide bonds. The molecule has 1 aliphatic heterocycles. The number of hydrogen-bond acceptors (Lipinski definition) is 4. The van der Waals surface area contributed by atoms with Crippen LogP contribution in [0.5, 0.6) is 0 Å². The van der Waals surface area contributed by atoms with Crippen LogP contribution < -0.4 is 0 Å². The number of aryl methyl sites for hydroxylation is 1. The van der Waals surface area contributed by atoms with E-state index in [0.29, 0.717) is 18.8 Å². The Labute approximate surface area is 164 Å². The van der Waals surface area contributed by atoms with Gasteiger partial charge in [0.25, 0.3) is 5.91 Å². The molecule has 2 aromatic heterocycles. The second-order valence-corrected chi connectivity index (χ2v) is 7.08. The number of nitrogens with zero attached hydrogens (tertiary/aromatic N) is 4. The van der Waals surface area contributed by atoms with Gasteiger partial charge in [-0.3, -0.25) is 14.5 Å². The summed E-state index contributed by atoms with van der Waals surface area (Å²) < 4.78 is 7.45. The highest BCUT2D eigenvalue weighted by atomic mass is 16.5. The van der Waals surface area contributed by atoms with Crippen LogP contribution in [0.25, 0.3) is 11.3 Å². The fourth-order valence-corrected chi connectivity index (χ4v) is 3.54. The fraction of sp³-hybridized carbons (Fsp3) is 0.318. The van der Waals surface area contributed by atoms with Crippen molar-refractivity contribution in [2.24, 2.45) is 7.05 Å². The van der Waals surface area contributed by atoms with E-state index in [9.17, 15) is 4.79 Å². The number of ether oxygens (including phenoxy) is 1. The lowest BCUT2D eigenvalue weighted by Gasteiger charge is -2.25. The Balaban J connectivity index is 1.60. The molecule has 6 nitrogen and oxygen atoms in total. The Morgan fingerprint density at radius 3 is 2.71 bits per heavy atom. The normalized spacial score (nSPS) is 16.2. The molecular weight excluding hydrogens is 352 g/mol. The molecule has 4 rings (SSSR count). The first-order chi connectivity index (χ1) is 13.7. The minimum atomic E-state index is -0.0375. The third-order valence-corrected chi connectivity index (χ3v) is 5.03. The van der Waals surface area contributed by atoms with Crippen LogP contribution >= 0.6 is 0 Å². The van der Waals surface area contributed by atoms with Gasteiger partial charge in [0, 0.05) is 44.7 Å². The Bertz CT molecular complexity index is 918. The minimum absolute atomic E-state index is 0.0375. The van der Waals surface area contributed by atoms with E-state index in [1.807, 2.05) is 60.5 Å². The Morgan fingerprint density at radius 2 is 2.00 bits per heavy atom. The molecule has 1 aromatic carbocycles. The molecule has 3 aromatic rings. The van der Waals surface area contributed by atoms with Crippen LogP contribution in [0, 0.1) is 0 Å². The first-order valence-corrected chi connectivity index (χ1v) is 9.60. The molecule has 144 valence electrons. The van der Waals surface area contributed by atoms with Gasteiger partial charge in [-0.15, -0.1) is 0 Å². The van der Waals surface area contributed by atoms with Gasteiger partial charge in [-0.2, -0.15) is 5.10 Å². The molecule has 0 bridgehead atoms. The van der Waals surface area contributed by atoms with Crippen LogP contribution in [-0.2, 0) is 18.3 Å². The predicted molar refractivity (Wildman–Crippen MR) is 107 cm³/mol. The zero-order valence-electron chi connectivity index (χ0n) is 16.0. The third kappa shape index (κ3) is 4.12. The number of amides is 1. The van der Waals surface area contributed by atoms with Gasteiger partial charge in [0.15, 0.2) is 0 Å². The lowest BCUT2D eigenvalue weighted by Crippen LogP contribution is -2.37. The van der Waals surface area contributed by atoms with Crippen molar-refractivity contribution < 1.29 is 9.53 Å². The van der Waals surface area contributed by atoms with E-state index in [1.165, 1.54) is 0 Å². The largest absolute Gasteiger partial charge is 0.376 e. The maximum absolute atomic E-state index is 13.4. The molecule has 6 heteroatoms. The first kappa shape index (κ1) is 18.4. The molecule has 0 aliphatic carbocycles. The molecule has 0 saturated carbocycles. The number of carbonyl (C=O) groups excluding carboxylic acids is 1. The fourth-order valence-electron chi connectivity index (χ4n) is 3.54. The van der Waals surface area contributed by atoms with Gasteiger partial charge in [-0.25, -0.2) is 0 Å². The summed E-state index contributed by atoms with van der Waals surface area (Å²) in [4.78, 5) is 19.3. The molecule has 0 radical (unpaired) electrons. The third-order valence-electron chi connectivity index (χ3n) is 5.03. The van der Waals surface area contributed by atoms with Crippen LogP contribution in [0.2, 0.25) is 0 Å². The van der Waals surface area contributed by atoms with Crippen molar-refractivity contribution in [1.82, 2.24) is 19.7 Å². The number of carbonyl (C=O) groups is 1. The maximum Gasteiger partial charge on any atom is 0.272 e. The summed E-state index contributed by atoms with van der Waals surface area (Å²) in [5.41, 5.74) is 3.42. The summed E-state index contributed by atoms with van der Waals surface area (Å²) in [6, 6.07) is 15.7. The topological polar surface area (TPSA) is 60.2 Å². The number of aromatic nitrogens is 3. The van der Waals surface area contributed by atoms with Crippen molar-refractivity contribution in [2.45, 2.75) is 25.5 Å². The number of pyridine rings is 1. The zero-order valence-corrected chi connectivity index (χ0v) is 16.0. The second-order valence-electron chi connectivity index (χ2n) is 7.08. The van der Waals surface area contributed by atoms with Crippen molar-refractivity contribution in [3.63, 3.8) is 0 Å². The van der Waals surface area contributed by atoms with Gasteiger partial charge in [0.2, 0.25) is 0 Å². The smallest absolute Gasteiger partial charge is 0.272 e. The van der Waals surface area contributed by atoms with Gasteiger partial charge in [0.1, 0.15) is 5.69 Å². The van der Waals surface area contributed by atoms with Gasteiger partial charge in [-0.05, 0) is 36.6 Å². The van der Waals surface area contributed by atoms with Gasteiger partial charge in [-0.1, -0.05) is 30.3 Å². The van der Waals surface area contributed by atoms with E-state index >= 15 is 0 Å². The Morgan fingerprint density at radius 1 is 1.21 bits per heavy atom. The van der Waals surface area contributed by atoms with E-state index in [2.05, 4.69) is 10.1 Å². The zero-order chi connectivity index (χ0) is 19.3. The molecule has 1 saturated heterocycles. The summed E-state index contributed by atoms with van der Waals surface area (Å²) in [5.74, 6) is -0.0375. The maximum atomic E-state index is 13.4. The molecule has 0 N–H and O–H groups in total. The second kappa shape index (κ2) is 8.35. The Hall–Kier alpha value is -2.99. The monoisotopic (exact) mass is 376 g/mol. The molecule has 1 fully saturated rings. The van der Waals surface area contributed by atoms with E-state index in [0.717, 1.165) is 36.3 Å². The summed E-state index contributed by atoms with van der Waals surface area (Å²) in [6.45, 7) is 1.87. The molecule has 0 spiro atoms. The standard InChI is InChI=1S/C22H24N4O2/c1-25-21(14-20(24-25)18-6-3-2-4-7-18)22(27)26(16-19-8-5-13-28-19)15-17-9-11-23-12-10-17/h2-4,6-7,9-12,14,19H,5,8,13,15-16H2,1H3. The van der Waals surface area contributed by atoms with E-state index < -0.39 is 0 Å². The van der Waals surface area contributed by atoms with Gasteiger partial charge < -0.3 is 9.64 Å². The summed E-state index contributed by atoms with van der Waals surface area (Å²) in [7, 11) is 1.82. The van der Waals surface area contributed by atoms with Crippen molar-refractivity contribution in [1.29, 1.82) is 0 Å². The summed E-state index contributed by atoms with van der Waals surface area (Å²) in [5, 5.41) is 4.55. The SMILES string of the molecule is Cn1nc(-c2ccccc2)cc1C(=O)N(Cc1ccncc1)CC1CCCO1. The quantitative estimate of drug-likeness (QED) is 0.662. The minimum Gasteiger partial charge on any atom is -0.376 e. The predicted octanol–water partition coefficient (Wildman–Crippen LogP) is 3.30. The van der Waals surface area contributed by atoms with Crippen molar-refractivity contribution >= 4 is 5.91 Å². The number of hydrogen-bond donors (Lipinski definition) is 0. The summed E-state index contributed by atoms with van der Waals surface area (Å²) in [6.07, 6.45) is 5.63. The highest BCUT2D eigenvalue weighted by molar-refractivity contribution is 5.93. The van der Waals surface area contributed by atoms with Crippen LogP contribution in [0.1, 0.15) is 28.9 Å². The van der Waals surface area contributed by atoms with Gasteiger partial charge in [0.05, 0.1) is 11.8 Å². The van der Waals surface area contributed by atoms with Crippen LogP contribution in [0.4, 0.5) is 0 Å². The van der Waals surface area contributed by atoms with E-state index in [4.69, 9.17) is 4.74 Å². The lowest BCUT2D eigenvalue weighted by molar-refractivity contribution is 0.0499. The Kier molecular flexibility index (Phi) is 5.48. The van der Waals surface area contributed by atoms with Crippen molar-refractivity contribution in [2.75, 3.05) is 13.2 Å². The highest BCUT2D eigenvalue weighted by Gasteiger charge is 2.26. The summed E-state index contributed by atoms with van der Waals surface area (Å²) >= 11 is 0. The van der Waals surface area contributed by atoms with E-state index in [1.54, 1.807) is 17.1 Å². The molecule has 28 heavy (non-hydrogen) atoms. The van der Waals surface area contributed by atoms with Crippen molar-refractivity contribution in [3.05, 3.63) is 72.2 Å². The van der Waals surface area contributed by atoms with Crippen molar-refractivity contribution in [3.8, 4) is 11.3 Å². The number of benzene rings is 1. The average molecular weight is 376 g/mol. The molecule has 1 aliphatic rings. The first-order valence-electron chi connectivity index (χ1n) is 9.60. The molecular formula is C22H24N4O2. The van der Waals surface area contributed by atoms with E-state index in [-0.39, 0.29) is 12.0 Å². The molecule has 3 heterocycles. The van der Waals surface area contributed by atoms with Crippen LogP contribution in [0.3, 0.4) is 0 Å². The molecule has 1 unspecified atom stereocenters. The molecule has 1 atom stereocenters. The highest BCUT2D eigenvalue weighted by Crippen LogP contribution is 2.21. The van der Waals surface area contributed by atoms with Crippen LogP contribution in [-0.4, -0.2) is 44.8 Å². The van der Waals surface area contributed by atoms with Gasteiger partial charge >= 0.3 is 0 Å². The lowest BCUT2D eigenvalue weighted by atomic mass is 10.1. The number of rotatable bonds is 6. The van der Waals surface area contributed by atoms with Crippen LogP contribution in [0.15, 0.2) is 60.9 Å². The average Bonchev–Trinajstić information content (AvgIpc) is 3.38.